The highest BCUT2D eigenvalue weighted by molar-refractivity contribution is 9.10. The summed E-state index contributed by atoms with van der Waals surface area (Å²) >= 11 is 15.7. The van der Waals surface area contributed by atoms with Crippen molar-refractivity contribution >= 4 is 62.2 Å². The smallest absolute Gasteiger partial charge is 0.323 e. The lowest BCUT2D eigenvalue weighted by Crippen LogP contribution is -2.21. The van der Waals surface area contributed by atoms with E-state index in [4.69, 9.17) is 23.2 Å². The standard InChI is InChI=1S/C21H20BrCl2N5O/c1-28-20(17(22)12-25-28)13-8-15(11-16(9-13)29-6-2-3-7-29)26-21(30)27-19-5-4-14(23)10-18(19)24/h4-5,8-12H,2-3,6-7H2,1H3,(H2,26,27,30). The number of amides is 2. The van der Waals surface area contributed by atoms with Crippen LogP contribution in [0.3, 0.4) is 0 Å². The Balaban J connectivity index is 1.63. The molecule has 0 aliphatic carbocycles. The van der Waals surface area contributed by atoms with Crippen molar-refractivity contribution in [2.24, 2.45) is 7.05 Å². The first-order valence-electron chi connectivity index (χ1n) is 9.51. The van der Waals surface area contributed by atoms with Crippen molar-refractivity contribution in [3.05, 3.63) is 57.1 Å². The van der Waals surface area contributed by atoms with Gasteiger partial charge in [0.2, 0.25) is 0 Å². The van der Waals surface area contributed by atoms with Crippen LogP contribution >= 0.6 is 39.1 Å². The van der Waals surface area contributed by atoms with Crippen LogP contribution in [0, 0.1) is 0 Å². The summed E-state index contributed by atoms with van der Waals surface area (Å²) in [4.78, 5) is 15.0. The van der Waals surface area contributed by atoms with Gasteiger partial charge in [0.1, 0.15) is 0 Å². The molecule has 156 valence electrons. The minimum absolute atomic E-state index is 0.378. The number of nitrogens with zero attached hydrogens (tertiary/aromatic N) is 3. The number of urea groups is 1. The Morgan fingerprint density at radius 1 is 1.10 bits per heavy atom. The average Bonchev–Trinajstić information content (AvgIpc) is 3.34. The largest absolute Gasteiger partial charge is 0.371 e. The number of hydrogen-bond acceptors (Lipinski definition) is 3. The highest BCUT2D eigenvalue weighted by Crippen LogP contribution is 2.34. The van der Waals surface area contributed by atoms with E-state index in [1.54, 1.807) is 24.4 Å². The molecule has 0 radical (unpaired) electrons. The highest BCUT2D eigenvalue weighted by Gasteiger charge is 2.17. The van der Waals surface area contributed by atoms with Crippen molar-refractivity contribution < 1.29 is 4.79 Å². The van der Waals surface area contributed by atoms with Crippen molar-refractivity contribution in [1.82, 2.24) is 9.78 Å². The lowest BCUT2D eigenvalue weighted by Gasteiger charge is -2.20. The van der Waals surface area contributed by atoms with Crippen LogP contribution in [0.1, 0.15) is 12.8 Å². The summed E-state index contributed by atoms with van der Waals surface area (Å²) in [6.07, 6.45) is 4.09. The topological polar surface area (TPSA) is 62.2 Å². The molecule has 0 bridgehead atoms. The van der Waals surface area contributed by atoms with Gasteiger partial charge < -0.3 is 15.5 Å². The molecule has 2 heterocycles. The molecule has 2 aromatic carbocycles. The molecule has 1 saturated heterocycles. The number of carbonyl (C=O) groups excluding carboxylic acids is 1. The van der Waals surface area contributed by atoms with Crippen LogP contribution in [-0.4, -0.2) is 28.9 Å². The summed E-state index contributed by atoms with van der Waals surface area (Å²) in [7, 11) is 1.89. The minimum Gasteiger partial charge on any atom is -0.371 e. The molecule has 1 aromatic heterocycles. The van der Waals surface area contributed by atoms with Gasteiger partial charge in [-0.15, -0.1) is 0 Å². The van der Waals surface area contributed by atoms with Crippen molar-refractivity contribution in [2.45, 2.75) is 12.8 Å². The molecule has 30 heavy (non-hydrogen) atoms. The van der Waals surface area contributed by atoms with Gasteiger partial charge in [-0.1, -0.05) is 23.2 Å². The number of hydrogen-bond donors (Lipinski definition) is 2. The molecular weight excluding hydrogens is 489 g/mol. The van der Waals surface area contributed by atoms with Crippen LogP contribution in [0.4, 0.5) is 21.9 Å². The Morgan fingerprint density at radius 3 is 2.53 bits per heavy atom. The van der Waals surface area contributed by atoms with E-state index in [1.807, 2.05) is 23.9 Å². The normalized spacial score (nSPS) is 13.5. The van der Waals surface area contributed by atoms with Gasteiger partial charge in [0.05, 0.1) is 27.1 Å². The zero-order valence-corrected chi connectivity index (χ0v) is 19.4. The molecule has 0 atom stereocenters. The number of carbonyl (C=O) groups is 1. The van der Waals surface area contributed by atoms with Crippen LogP contribution < -0.4 is 15.5 Å². The van der Waals surface area contributed by atoms with Crippen molar-refractivity contribution in [2.75, 3.05) is 28.6 Å². The molecule has 1 aliphatic rings. The number of anilines is 3. The summed E-state index contributed by atoms with van der Waals surface area (Å²) in [5.74, 6) is 0. The zero-order valence-electron chi connectivity index (χ0n) is 16.3. The van der Waals surface area contributed by atoms with Gasteiger partial charge in [0.15, 0.2) is 0 Å². The minimum atomic E-state index is -0.382. The van der Waals surface area contributed by atoms with Crippen molar-refractivity contribution in [3.63, 3.8) is 0 Å². The molecule has 3 aromatic rings. The summed E-state index contributed by atoms with van der Waals surface area (Å²) in [6.45, 7) is 2.00. The van der Waals surface area contributed by atoms with E-state index in [0.717, 1.165) is 47.3 Å². The summed E-state index contributed by atoms with van der Waals surface area (Å²) in [5.41, 5.74) is 4.15. The van der Waals surface area contributed by atoms with Gasteiger partial charge in [-0.25, -0.2) is 4.79 Å². The van der Waals surface area contributed by atoms with E-state index in [2.05, 4.69) is 42.6 Å². The second-order valence-electron chi connectivity index (χ2n) is 7.13. The first kappa shape index (κ1) is 21.0. The Kier molecular flexibility index (Phi) is 6.22. The fourth-order valence-electron chi connectivity index (χ4n) is 3.59. The molecule has 1 aliphatic heterocycles. The summed E-state index contributed by atoms with van der Waals surface area (Å²) < 4.78 is 2.71. The van der Waals surface area contributed by atoms with E-state index in [0.29, 0.717) is 21.4 Å². The van der Waals surface area contributed by atoms with Gasteiger partial charge in [0.25, 0.3) is 0 Å². The van der Waals surface area contributed by atoms with Crippen LogP contribution in [0.5, 0.6) is 0 Å². The number of aryl methyl sites for hydroxylation is 1. The first-order chi connectivity index (χ1) is 14.4. The van der Waals surface area contributed by atoms with Crippen LogP contribution in [0.2, 0.25) is 10.0 Å². The van der Waals surface area contributed by atoms with Gasteiger partial charge in [-0.3, -0.25) is 4.68 Å². The van der Waals surface area contributed by atoms with Crippen molar-refractivity contribution in [1.29, 1.82) is 0 Å². The predicted molar refractivity (Wildman–Crippen MR) is 127 cm³/mol. The fourth-order valence-corrected chi connectivity index (χ4v) is 4.62. The monoisotopic (exact) mass is 507 g/mol. The van der Waals surface area contributed by atoms with E-state index in [-0.39, 0.29) is 6.03 Å². The third kappa shape index (κ3) is 4.58. The van der Waals surface area contributed by atoms with E-state index in [1.165, 1.54) is 0 Å². The molecule has 4 rings (SSSR count). The maximum Gasteiger partial charge on any atom is 0.323 e. The van der Waals surface area contributed by atoms with E-state index < -0.39 is 0 Å². The quantitative estimate of drug-likeness (QED) is 0.428. The maximum atomic E-state index is 12.6. The molecule has 2 amide bonds. The lowest BCUT2D eigenvalue weighted by atomic mass is 10.1. The van der Waals surface area contributed by atoms with Gasteiger partial charge in [-0.2, -0.15) is 5.10 Å². The summed E-state index contributed by atoms with van der Waals surface area (Å²) in [6, 6.07) is 10.6. The van der Waals surface area contributed by atoms with Gasteiger partial charge >= 0.3 is 6.03 Å². The molecule has 2 N–H and O–H groups in total. The van der Waals surface area contributed by atoms with Crippen LogP contribution in [0.15, 0.2) is 47.1 Å². The van der Waals surface area contributed by atoms with Crippen LogP contribution in [-0.2, 0) is 7.05 Å². The average molecular weight is 509 g/mol. The SMILES string of the molecule is Cn1ncc(Br)c1-c1cc(NC(=O)Nc2ccc(Cl)cc2Cl)cc(N2CCCC2)c1. The van der Waals surface area contributed by atoms with E-state index in [9.17, 15) is 4.79 Å². The number of nitrogens with one attached hydrogen (secondary N) is 2. The molecule has 9 heteroatoms. The Hall–Kier alpha value is -2.22. The molecule has 0 unspecified atom stereocenters. The Morgan fingerprint density at radius 2 is 1.87 bits per heavy atom. The molecule has 6 nitrogen and oxygen atoms in total. The number of halogens is 3. The van der Waals surface area contributed by atoms with E-state index >= 15 is 0 Å². The zero-order chi connectivity index (χ0) is 21.3. The number of rotatable bonds is 4. The molecular formula is C21H20BrCl2N5O. The summed E-state index contributed by atoms with van der Waals surface area (Å²) in [5, 5.41) is 10.9. The molecule has 0 saturated carbocycles. The molecule has 1 fully saturated rings. The third-order valence-corrected chi connectivity index (χ3v) is 6.12. The first-order valence-corrected chi connectivity index (χ1v) is 11.1. The Bertz CT molecular complexity index is 1080. The predicted octanol–water partition coefficient (Wildman–Crippen LogP) is 6.40. The highest BCUT2D eigenvalue weighted by atomic mass is 79.9. The second kappa shape index (κ2) is 8.88. The Labute approximate surface area is 193 Å². The van der Waals surface area contributed by atoms with Gasteiger partial charge in [0, 0.05) is 42.1 Å². The second-order valence-corrected chi connectivity index (χ2v) is 8.83. The fraction of sp³-hybridized carbons (Fsp3) is 0.238. The van der Waals surface area contributed by atoms with Crippen molar-refractivity contribution in [3.8, 4) is 11.3 Å². The van der Waals surface area contributed by atoms with Gasteiger partial charge in [-0.05, 0) is 65.2 Å². The van der Waals surface area contributed by atoms with Crippen LogP contribution in [0.25, 0.3) is 11.3 Å². The third-order valence-electron chi connectivity index (χ3n) is 4.99. The number of benzene rings is 2. The maximum absolute atomic E-state index is 12.6. The molecule has 0 spiro atoms. The number of aromatic nitrogens is 2. The lowest BCUT2D eigenvalue weighted by molar-refractivity contribution is 0.262.